The Morgan fingerprint density at radius 1 is 1.69 bits per heavy atom. The molecule has 0 aromatic carbocycles. The van der Waals surface area contributed by atoms with E-state index in [2.05, 4.69) is 15.0 Å². The van der Waals surface area contributed by atoms with Crippen LogP contribution < -0.4 is 0 Å². The predicted molar refractivity (Wildman–Crippen MR) is 56.7 cm³/mol. The topological polar surface area (TPSA) is 77.2 Å². The first-order valence-electron chi connectivity index (χ1n) is 5.29. The lowest BCUT2D eigenvalue weighted by atomic mass is 10.2. The summed E-state index contributed by atoms with van der Waals surface area (Å²) < 4.78 is 6.11. The van der Waals surface area contributed by atoms with E-state index in [1.54, 1.807) is 10.9 Å². The summed E-state index contributed by atoms with van der Waals surface area (Å²) in [5.41, 5.74) is 0.730. The summed E-state index contributed by atoms with van der Waals surface area (Å²) in [6, 6.07) is 0. The normalized spacial score (nSPS) is 12.4. The summed E-state index contributed by atoms with van der Waals surface area (Å²) in [5.74, 6) is -0.261. The summed E-state index contributed by atoms with van der Waals surface area (Å²) in [5, 5.41) is 17.2. The maximum Gasteiger partial charge on any atom is 0.305 e. The van der Waals surface area contributed by atoms with Gasteiger partial charge in [0.05, 0.1) is 31.9 Å². The molecule has 1 atom stereocenters. The van der Waals surface area contributed by atoms with Gasteiger partial charge in [0.2, 0.25) is 0 Å². The van der Waals surface area contributed by atoms with Crippen LogP contribution in [0.25, 0.3) is 0 Å². The van der Waals surface area contributed by atoms with Gasteiger partial charge in [-0.15, -0.1) is 5.10 Å². The van der Waals surface area contributed by atoms with Crippen LogP contribution in [0, 0.1) is 0 Å². The molecule has 0 aliphatic heterocycles. The number of esters is 1. The third-order valence-corrected chi connectivity index (χ3v) is 2.27. The van der Waals surface area contributed by atoms with Crippen molar-refractivity contribution in [1.82, 2.24) is 15.0 Å². The summed E-state index contributed by atoms with van der Waals surface area (Å²) in [6.07, 6.45) is 2.81. The molecule has 0 amide bonds. The average molecular weight is 227 g/mol. The summed E-state index contributed by atoms with van der Waals surface area (Å²) >= 11 is 0. The molecular formula is C10H17N3O3. The maximum absolute atomic E-state index is 10.9. The number of rotatable bonds is 6. The Bertz CT molecular complexity index is 338. The molecule has 90 valence electrons. The van der Waals surface area contributed by atoms with Crippen LogP contribution in [-0.4, -0.2) is 39.3 Å². The van der Waals surface area contributed by atoms with Gasteiger partial charge in [-0.3, -0.25) is 4.79 Å². The molecule has 0 spiro atoms. The number of aromatic nitrogens is 3. The lowest BCUT2D eigenvalue weighted by Crippen LogP contribution is -2.15. The largest absolute Gasteiger partial charge is 0.469 e. The molecular weight excluding hydrogens is 210 g/mol. The molecule has 6 nitrogen and oxygen atoms in total. The smallest absolute Gasteiger partial charge is 0.305 e. The van der Waals surface area contributed by atoms with Crippen molar-refractivity contribution in [2.24, 2.45) is 0 Å². The van der Waals surface area contributed by atoms with Crippen molar-refractivity contribution in [2.75, 3.05) is 7.11 Å². The Kier molecular flexibility index (Phi) is 4.91. The van der Waals surface area contributed by atoms with Gasteiger partial charge in [0.1, 0.15) is 0 Å². The molecule has 0 saturated carbocycles. The van der Waals surface area contributed by atoms with Gasteiger partial charge in [-0.2, -0.15) is 0 Å². The quantitative estimate of drug-likeness (QED) is 0.700. The lowest BCUT2D eigenvalue weighted by Gasteiger charge is -2.05. The number of carbonyl (C=O) groups is 1. The molecule has 1 aromatic heterocycles. The Morgan fingerprint density at radius 3 is 3.06 bits per heavy atom. The van der Waals surface area contributed by atoms with Crippen molar-refractivity contribution in [3.05, 3.63) is 11.9 Å². The van der Waals surface area contributed by atoms with Crippen LogP contribution >= 0.6 is 0 Å². The van der Waals surface area contributed by atoms with E-state index < -0.39 is 6.10 Å². The minimum absolute atomic E-state index is 0.261. The number of hydrogen-bond acceptors (Lipinski definition) is 5. The van der Waals surface area contributed by atoms with E-state index in [9.17, 15) is 9.90 Å². The highest BCUT2D eigenvalue weighted by molar-refractivity contribution is 5.69. The summed E-state index contributed by atoms with van der Waals surface area (Å²) in [6.45, 7) is 2.33. The highest BCUT2D eigenvalue weighted by atomic mass is 16.5. The monoisotopic (exact) mass is 227 g/mol. The number of carbonyl (C=O) groups excluding carboxylic acids is 1. The van der Waals surface area contributed by atoms with E-state index in [4.69, 9.17) is 0 Å². The molecule has 0 radical (unpaired) electrons. The van der Waals surface area contributed by atoms with Crippen molar-refractivity contribution in [1.29, 1.82) is 0 Å². The minimum atomic E-state index is -0.407. The Labute approximate surface area is 94.2 Å². The highest BCUT2D eigenvalue weighted by Gasteiger charge is 2.07. The first-order chi connectivity index (χ1) is 7.65. The average Bonchev–Trinajstić information content (AvgIpc) is 2.73. The van der Waals surface area contributed by atoms with Gasteiger partial charge in [0.25, 0.3) is 0 Å². The molecule has 1 heterocycles. The number of aryl methyl sites for hydroxylation is 1. The van der Waals surface area contributed by atoms with E-state index >= 15 is 0 Å². The van der Waals surface area contributed by atoms with Gasteiger partial charge >= 0.3 is 5.97 Å². The third kappa shape index (κ3) is 3.98. The second kappa shape index (κ2) is 6.22. The van der Waals surface area contributed by atoms with Gasteiger partial charge in [-0.25, -0.2) is 4.68 Å². The van der Waals surface area contributed by atoms with E-state index in [1.807, 2.05) is 6.92 Å². The molecule has 6 heteroatoms. The first kappa shape index (κ1) is 12.6. The second-order valence-corrected chi connectivity index (χ2v) is 3.57. The molecule has 16 heavy (non-hydrogen) atoms. The fraction of sp³-hybridized carbons (Fsp3) is 0.700. The molecule has 0 fully saturated rings. The van der Waals surface area contributed by atoms with Crippen LogP contribution in [0.3, 0.4) is 0 Å². The molecule has 0 aliphatic carbocycles. The first-order valence-corrected chi connectivity index (χ1v) is 5.29. The van der Waals surface area contributed by atoms with Gasteiger partial charge in [0, 0.05) is 12.6 Å². The fourth-order valence-electron chi connectivity index (χ4n) is 1.22. The Morgan fingerprint density at radius 2 is 2.44 bits per heavy atom. The third-order valence-electron chi connectivity index (χ3n) is 2.27. The lowest BCUT2D eigenvalue weighted by molar-refractivity contribution is -0.140. The van der Waals surface area contributed by atoms with Gasteiger partial charge in [-0.05, 0) is 6.42 Å². The number of methoxy groups -OCH3 is 1. The van der Waals surface area contributed by atoms with Crippen molar-refractivity contribution < 1.29 is 14.6 Å². The number of nitrogens with zero attached hydrogens (tertiary/aromatic N) is 3. The van der Waals surface area contributed by atoms with E-state index in [1.165, 1.54) is 7.11 Å². The zero-order valence-corrected chi connectivity index (χ0v) is 9.59. The zero-order chi connectivity index (χ0) is 12.0. The molecule has 1 unspecified atom stereocenters. The number of ether oxygens (including phenoxy) is 1. The van der Waals surface area contributed by atoms with E-state index in [0.29, 0.717) is 25.8 Å². The van der Waals surface area contributed by atoms with Crippen LogP contribution in [-0.2, 0) is 22.5 Å². The number of aliphatic hydroxyl groups excluding tert-OH is 1. The van der Waals surface area contributed by atoms with Crippen LogP contribution in [0.15, 0.2) is 6.20 Å². The van der Waals surface area contributed by atoms with E-state index in [-0.39, 0.29) is 5.97 Å². The van der Waals surface area contributed by atoms with Crippen LogP contribution in [0.5, 0.6) is 0 Å². The van der Waals surface area contributed by atoms with Crippen molar-refractivity contribution >= 4 is 5.97 Å². The molecule has 1 aromatic rings. The minimum Gasteiger partial charge on any atom is -0.469 e. The van der Waals surface area contributed by atoms with Crippen LogP contribution in [0.1, 0.15) is 25.5 Å². The summed E-state index contributed by atoms with van der Waals surface area (Å²) in [7, 11) is 1.36. The molecule has 0 aliphatic rings. The molecule has 0 bridgehead atoms. The molecule has 1 rings (SSSR count). The van der Waals surface area contributed by atoms with E-state index in [0.717, 1.165) is 5.69 Å². The standard InChI is InChI=1S/C10H17N3O3/c1-3-9(14)7-13-6-8(11-12-13)4-5-10(15)16-2/h6,9,14H,3-5,7H2,1-2H3. The summed E-state index contributed by atoms with van der Waals surface area (Å²) in [4.78, 5) is 10.9. The van der Waals surface area contributed by atoms with Crippen molar-refractivity contribution in [2.45, 2.75) is 38.8 Å². The van der Waals surface area contributed by atoms with Crippen molar-refractivity contribution in [3.63, 3.8) is 0 Å². The SMILES string of the molecule is CCC(O)Cn1cc(CCC(=O)OC)nn1. The van der Waals surface area contributed by atoms with Gasteiger partial charge < -0.3 is 9.84 Å². The van der Waals surface area contributed by atoms with Crippen LogP contribution in [0.4, 0.5) is 0 Å². The highest BCUT2D eigenvalue weighted by Crippen LogP contribution is 2.01. The molecule has 0 saturated heterocycles. The molecule has 1 N–H and O–H groups in total. The maximum atomic E-state index is 10.9. The Balaban J connectivity index is 2.42. The van der Waals surface area contributed by atoms with Crippen LogP contribution in [0.2, 0.25) is 0 Å². The van der Waals surface area contributed by atoms with Gasteiger partial charge in [0.15, 0.2) is 0 Å². The second-order valence-electron chi connectivity index (χ2n) is 3.57. The fourth-order valence-corrected chi connectivity index (χ4v) is 1.22. The zero-order valence-electron chi connectivity index (χ0n) is 9.59. The number of hydrogen-bond donors (Lipinski definition) is 1. The predicted octanol–water partition coefficient (Wildman–Crippen LogP) is 0.155. The number of aliphatic hydroxyl groups is 1. The van der Waals surface area contributed by atoms with Crippen molar-refractivity contribution in [3.8, 4) is 0 Å². The Hall–Kier alpha value is -1.43. The van der Waals surface area contributed by atoms with Gasteiger partial charge in [-0.1, -0.05) is 12.1 Å².